The number of hydrogen-bond acceptors (Lipinski definition) is 9. The van der Waals surface area contributed by atoms with Gasteiger partial charge in [-0.05, 0) is 62.3 Å². The van der Waals surface area contributed by atoms with Crippen LogP contribution in [0.5, 0.6) is 0 Å². The molecule has 0 spiro atoms. The predicted octanol–water partition coefficient (Wildman–Crippen LogP) is 1.57. The summed E-state index contributed by atoms with van der Waals surface area (Å²) in [6.45, 7) is 14.6. The summed E-state index contributed by atoms with van der Waals surface area (Å²) in [6, 6.07) is 0. The number of ether oxygens (including phenoxy) is 3. The zero-order valence-electron chi connectivity index (χ0n) is 19.5. The Morgan fingerprint density at radius 2 is 0.645 bits per heavy atom. The average molecular weight is 550 g/mol. The molecule has 9 nitrogen and oxygen atoms in total. The Labute approximate surface area is 203 Å². The first-order valence-corrected chi connectivity index (χ1v) is 9.63. The van der Waals surface area contributed by atoms with E-state index in [1.165, 1.54) is 20.8 Å². The first-order valence-electron chi connectivity index (χ1n) is 9.63. The Morgan fingerprint density at radius 3 is 0.742 bits per heavy atom. The van der Waals surface area contributed by atoms with Gasteiger partial charge in [-0.25, -0.2) is 0 Å². The van der Waals surface area contributed by atoms with Crippen molar-refractivity contribution < 1.29 is 43.0 Å². The molecule has 10 heteroatoms. The van der Waals surface area contributed by atoms with Crippen LogP contribution in [-0.2, 0) is 43.0 Å². The van der Waals surface area contributed by atoms with E-state index in [9.17, 15) is 28.8 Å². The molecule has 0 aliphatic carbocycles. The standard InChI is InChI=1S/3C7H12O3.In.3H/c3*1-5(2)10-7(9)4-6(3)8;;;;/h3*5H,4H2,1-3H3;;;;. The van der Waals surface area contributed by atoms with Crippen LogP contribution in [-0.4, -0.2) is 79.4 Å². The van der Waals surface area contributed by atoms with Crippen LogP contribution in [0.2, 0.25) is 0 Å². The summed E-state index contributed by atoms with van der Waals surface area (Å²) in [6.07, 6.45) is -0.736. The molecule has 0 saturated heterocycles. The third-order valence-corrected chi connectivity index (χ3v) is 2.28. The van der Waals surface area contributed by atoms with Crippen molar-refractivity contribution in [1.29, 1.82) is 0 Å². The Morgan fingerprint density at radius 1 is 0.484 bits per heavy atom. The van der Waals surface area contributed by atoms with Crippen molar-refractivity contribution in [3.63, 3.8) is 0 Å². The van der Waals surface area contributed by atoms with Crippen molar-refractivity contribution >= 4 is 61.1 Å². The van der Waals surface area contributed by atoms with Crippen LogP contribution < -0.4 is 0 Å². The number of Topliss-reactive ketones (excluding diaryl/α,β-unsaturated/α-hetero) is 3. The van der Waals surface area contributed by atoms with Crippen LogP contribution in [0, 0.1) is 0 Å². The zero-order valence-corrected chi connectivity index (χ0v) is 19.5. The van der Waals surface area contributed by atoms with Gasteiger partial charge in [-0.1, -0.05) is 0 Å². The van der Waals surface area contributed by atoms with E-state index in [-0.39, 0.29) is 80.8 Å². The Hall–Kier alpha value is -1.71. The second-order valence-electron chi connectivity index (χ2n) is 7.25. The summed E-state index contributed by atoms with van der Waals surface area (Å²) < 4.78 is 14.1. The molecule has 0 aromatic heterocycles. The molecule has 0 atom stereocenters. The van der Waals surface area contributed by atoms with E-state index < -0.39 is 17.9 Å². The molecule has 0 rings (SSSR count). The number of ketones is 3. The van der Waals surface area contributed by atoms with E-state index >= 15 is 0 Å². The van der Waals surface area contributed by atoms with Gasteiger partial charge < -0.3 is 14.2 Å². The summed E-state index contributed by atoms with van der Waals surface area (Å²) in [4.78, 5) is 62.9. The second kappa shape index (κ2) is 21.5. The van der Waals surface area contributed by atoms with Gasteiger partial charge in [0.1, 0.15) is 36.6 Å². The van der Waals surface area contributed by atoms with Gasteiger partial charge >= 0.3 is 43.8 Å². The number of carbonyl (C=O) groups excluding carboxylic acids is 6. The first-order chi connectivity index (χ1) is 13.6. The predicted molar refractivity (Wildman–Crippen MR) is 120 cm³/mol. The molecule has 0 unspecified atom stereocenters. The Balaban J connectivity index is -0.000000174. The van der Waals surface area contributed by atoms with Crippen molar-refractivity contribution in [2.75, 3.05) is 0 Å². The van der Waals surface area contributed by atoms with Crippen molar-refractivity contribution in [3.8, 4) is 0 Å². The normalized spacial score (nSPS) is 9.29. The minimum atomic E-state index is -0.442. The average Bonchev–Trinajstić information content (AvgIpc) is 2.42. The molecule has 0 aliphatic rings. The van der Waals surface area contributed by atoms with Crippen molar-refractivity contribution in [1.82, 2.24) is 0 Å². The Kier molecular flexibility index (Phi) is 25.4. The van der Waals surface area contributed by atoms with Crippen molar-refractivity contribution in [3.05, 3.63) is 0 Å². The molecule has 180 valence electrons. The van der Waals surface area contributed by atoms with Gasteiger partial charge in [0, 0.05) is 0 Å². The number of rotatable bonds is 9. The van der Waals surface area contributed by atoms with E-state index in [1.54, 1.807) is 41.5 Å². The Bertz CT molecular complexity index is 501. The van der Waals surface area contributed by atoms with Crippen molar-refractivity contribution in [2.24, 2.45) is 0 Å². The summed E-state index contributed by atoms with van der Waals surface area (Å²) in [7, 11) is 0. The maximum absolute atomic E-state index is 10.6. The molecule has 0 aromatic carbocycles. The van der Waals surface area contributed by atoms with Gasteiger partial charge in [-0.3, -0.25) is 28.8 Å². The van der Waals surface area contributed by atoms with Crippen molar-refractivity contribution in [2.45, 2.75) is 99.9 Å². The molecule has 0 aromatic rings. The third-order valence-electron chi connectivity index (χ3n) is 2.28. The van der Waals surface area contributed by atoms with Gasteiger partial charge in [-0.15, -0.1) is 0 Å². The fourth-order valence-electron chi connectivity index (χ4n) is 1.52. The van der Waals surface area contributed by atoms with Crippen LogP contribution in [0.4, 0.5) is 0 Å². The van der Waals surface area contributed by atoms with E-state index in [1.807, 2.05) is 0 Å². The molecule has 0 aliphatic heterocycles. The SMILES string of the molecule is CC(=O)CC(=O)OC(C)C.CC(=O)CC(=O)OC(C)C.CC(=O)CC(=O)OC(C)C.[InH3]. The van der Waals surface area contributed by atoms with Crippen LogP contribution >= 0.6 is 0 Å². The third kappa shape index (κ3) is 39.4. The summed E-state index contributed by atoms with van der Waals surface area (Å²) in [5.41, 5.74) is 0. The van der Waals surface area contributed by atoms with E-state index in [4.69, 9.17) is 14.2 Å². The summed E-state index contributed by atoms with van der Waals surface area (Å²) in [5.74, 6) is -1.81. The summed E-state index contributed by atoms with van der Waals surface area (Å²) in [5, 5.41) is 0. The number of esters is 3. The van der Waals surface area contributed by atoms with Gasteiger partial charge in [0.2, 0.25) is 0 Å². The molecule has 31 heavy (non-hydrogen) atoms. The van der Waals surface area contributed by atoms with E-state index in [0.29, 0.717) is 0 Å². The van der Waals surface area contributed by atoms with Gasteiger partial charge in [-0.2, -0.15) is 0 Å². The van der Waals surface area contributed by atoms with Gasteiger partial charge in [0.05, 0.1) is 18.3 Å². The van der Waals surface area contributed by atoms with Crippen LogP contribution in [0.15, 0.2) is 0 Å². The maximum atomic E-state index is 10.6. The molecule has 0 saturated carbocycles. The molecular weight excluding hydrogens is 511 g/mol. The van der Waals surface area contributed by atoms with Gasteiger partial charge in [0.15, 0.2) is 0 Å². The fraction of sp³-hybridized carbons (Fsp3) is 0.714. The number of carbonyl (C=O) groups is 6. The summed E-state index contributed by atoms with van der Waals surface area (Å²) >= 11 is 0. The van der Waals surface area contributed by atoms with Crippen LogP contribution in [0.1, 0.15) is 81.6 Å². The zero-order chi connectivity index (χ0) is 24.4. The number of hydrogen-bond donors (Lipinski definition) is 0. The van der Waals surface area contributed by atoms with E-state index in [2.05, 4.69) is 0 Å². The monoisotopic (exact) mass is 550 g/mol. The first kappa shape index (κ1) is 36.7. The van der Waals surface area contributed by atoms with Crippen LogP contribution in [0.25, 0.3) is 0 Å². The quantitative estimate of drug-likeness (QED) is 0.239. The molecule has 0 bridgehead atoms. The fourth-order valence-corrected chi connectivity index (χ4v) is 1.52. The molecule has 0 N–H and O–H groups in total. The topological polar surface area (TPSA) is 130 Å². The molecule has 0 amide bonds. The molecule has 0 radical (unpaired) electrons. The van der Waals surface area contributed by atoms with Crippen LogP contribution in [0.3, 0.4) is 0 Å². The minimum absolute atomic E-state index is 0. The molecule has 0 fully saturated rings. The molecule has 0 heterocycles. The molecular formula is C21H39InO9. The van der Waals surface area contributed by atoms with E-state index in [0.717, 1.165) is 0 Å². The second-order valence-corrected chi connectivity index (χ2v) is 7.25. The van der Waals surface area contributed by atoms with Gasteiger partial charge in [0.25, 0.3) is 0 Å².